The van der Waals surface area contributed by atoms with Crippen LogP contribution in [0.4, 0.5) is 39.4 Å². The third-order valence-electron chi connectivity index (χ3n) is 6.05. The van der Waals surface area contributed by atoms with Gasteiger partial charge in [0.15, 0.2) is 0 Å². The van der Waals surface area contributed by atoms with Gasteiger partial charge in [-0.2, -0.15) is 13.2 Å². The van der Waals surface area contributed by atoms with E-state index in [2.05, 4.69) is 15.0 Å². The van der Waals surface area contributed by atoms with Crippen molar-refractivity contribution < 1.29 is 46.3 Å². The average Bonchev–Trinajstić information content (AvgIpc) is 2.94. The lowest BCUT2D eigenvalue weighted by Gasteiger charge is -2.28. The molecule has 1 aromatic heterocycles. The van der Waals surface area contributed by atoms with E-state index >= 15 is 0 Å². The van der Waals surface area contributed by atoms with Gasteiger partial charge in [0.1, 0.15) is 17.1 Å². The molecule has 0 bridgehead atoms. The van der Waals surface area contributed by atoms with E-state index in [0.717, 1.165) is 31.4 Å². The number of aromatic nitrogens is 1. The van der Waals surface area contributed by atoms with Crippen molar-refractivity contribution in [3.63, 3.8) is 0 Å². The second-order valence-corrected chi connectivity index (χ2v) is 10.4. The van der Waals surface area contributed by atoms with Crippen molar-refractivity contribution in [2.75, 3.05) is 26.1 Å². The van der Waals surface area contributed by atoms with Crippen molar-refractivity contribution in [3.05, 3.63) is 86.8 Å². The third kappa shape index (κ3) is 8.78. The highest BCUT2D eigenvalue weighted by Gasteiger charge is 2.32. The van der Waals surface area contributed by atoms with Crippen LogP contribution in [0.2, 0.25) is 0 Å². The van der Waals surface area contributed by atoms with E-state index in [0.29, 0.717) is 6.07 Å². The zero-order valence-corrected chi connectivity index (χ0v) is 24.5. The number of esters is 1. The Morgan fingerprint density at radius 3 is 2.30 bits per heavy atom. The molecule has 2 aromatic carbocycles. The van der Waals surface area contributed by atoms with Crippen molar-refractivity contribution in [1.29, 1.82) is 0 Å². The van der Waals surface area contributed by atoms with Crippen LogP contribution in [0.25, 0.3) is 0 Å². The molecule has 0 atom stereocenters. The summed E-state index contributed by atoms with van der Waals surface area (Å²) in [6.45, 7) is 4.42. The number of nitrogens with zero attached hydrogens (tertiary/aromatic N) is 3. The highest BCUT2D eigenvalue weighted by Crippen LogP contribution is 2.34. The molecule has 0 saturated heterocycles. The van der Waals surface area contributed by atoms with E-state index in [1.54, 1.807) is 20.8 Å². The molecule has 1 heterocycles. The van der Waals surface area contributed by atoms with E-state index < -0.39 is 45.7 Å². The molecule has 0 aliphatic heterocycles. The lowest BCUT2D eigenvalue weighted by Crippen LogP contribution is -2.38. The summed E-state index contributed by atoms with van der Waals surface area (Å²) in [4.78, 5) is 41.9. The number of carbonyl (C=O) groups is 2. The molecule has 3 aromatic rings. The zero-order valence-electron chi connectivity index (χ0n) is 24.5. The van der Waals surface area contributed by atoms with Crippen LogP contribution in [0, 0.1) is 15.9 Å². The van der Waals surface area contributed by atoms with E-state index in [4.69, 9.17) is 9.47 Å². The molecule has 0 spiro atoms. The molecule has 0 unspecified atom stereocenters. The van der Waals surface area contributed by atoms with Gasteiger partial charge in [-0.1, -0.05) is 0 Å². The number of benzene rings is 2. The zero-order chi connectivity index (χ0) is 32.8. The monoisotopic (exact) mass is 622 g/mol. The Kier molecular flexibility index (Phi) is 10.3. The minimum Gasteiger partial charge on any atom is -0.481 e. The molecule has 1 N–H and O–H groups in total. The summed E-state index contributed by atoms with van der Waals surface area (Å²) >= 11 is 0. The van der Waals surface area contributed by atoms with Gasteiger partial charge in [0.2, 0.25) is 5.88 Å². The average molecular weight is 623 g/mol. The van der Waals surface area contributed by atoms with Gasteiger partial charge >= 0.3 is 18.2 Å². The number of carbonyl (C=O) groups excluding carboxylic acids is 2. The van der Waals surface area contributed by atoms with Crippen LogP contribution < -0.4 is 10.1 Å². The van der Waals surface area contributed by atoms with E-state index in [-0.39, 0.29) is 53.7 Å². The van der Waals surface area contributed by atoms with Crippen LogP contribution in [-0.4, -0.2) is 53.2 Å². The fourth-order valence-corrected chi connectivity index (χ4v) is 4.01. The summed E-state index contributed by atoms with van der Waals surface area (Å²) in [5.41, 5.74) is -2.51. The minimum absolute atomic E-state index is 0.0213. The number of halogens is 4. The number of amides is 1. The maximum atomic E-state index is 14.5. The highest BCUT2D eigenvalue weighted by atomic mass is 19.4. The highest BCUT2D eigenvalue weighted by molar-refractivity contribution is 5.97. The summed E-state index contributed by atoms with van der Waals surface area (Å²) in [7, 11) is 2.35. The number of anilines is 2. The molecular formula is C29H30F4N4O7. The Balaban J connectivity index is 2.01. The first kappa shape index (κ1) is 33.6. The Morgan fingerprint density at radius 1 is 1.02 bits per heavy atom. The van der Waals surface area contributed by atoms with Gasteiger partial charge in [-0.15, -0.1) is 0 Å². The molecular weight excluding hydrogens is 592 g/mol. The summed E-state index contributed by atoms with van der Waals surface area (Å²) in [6.07, 6.45) is -5.68. The van der Waals surface area contributed by atoms with Gasteiger partial charge in [0, 0.05) is 30.8 Å². The number of alkyl halides is 3. The van der Waals surface area contributed by atoms with Crippen LogP contribution in [0.5, 0.6) is 5.88 Å². The van der Waals surface area contributed by atoms with Crippen molar-refractivity contribution in [2.24, 2.45) is 0 Å². The minimum atomic E-state index is -4.73. The molecule has 0 aliphatic carbocycles. The predicted molar refractivity (Wildman–Crippen MR) is 150 cm³/mol. The third-order valence-corrected chi connectivity index (χ3v) is 6.05. The Labute approximate surface area is 249 Å². The molecule has 0 aliphatic rings. The predicted octanol–water partition coefficient (Wildman–Crippen LogP) is 6.67. The molecule has 11 nitrogen and oxygen atoms in total. The summed E-state index contributed by atoms with van der Waals surface area (Å²) in [5, 5.41) is 14.4. The maximum Gasteiger partial charge on any atom is 0.416 e. The lowest BCUT2D eigenvalue weighted by molar-refractivity contribution is -0.386. The number of pyridine rings is 1. The molecule has 236 valence electrons. The van der Waals surface area contributed by atoms with Crippen molar-refractivity contribution in [2.45, 2.75) is 45.5 Å². The standard InChI is InChI=1S/C29H30F4N4O7/c1-28(2,3)44-27(39)36(13-12-23-24(37(40)41)10-11-25(35-23)42-4)16-17-14-19(30)7-9-21(17)34-22-8-6-18(29(31,32)33)15-20(22)26(38)43-5/h6-11,14-15,34H,12-13,16H2,1-5H3. The topological polar surface area (TPSA) is 133 Å². The SMILES string of the molecule is COC(=O)c1cc(C(F)(F)F)ccc1Nc1ccc(F)cc1CN(CCc1nc(OC)ccc1[N+](=O)[O-])C(=O)OC(C)(C)C. The molecule has 15 heteroatoms. The first-order chi connectivity index (χ1) is 20.5. The van der Waals surface area contributed by atoms with Crippen LogP contribution in [-0.2, 0) is 28.6 Å². The second kappa shape index (κ2) is 13.6. The van der Waals surface area contributed by atoms with Crippen LogP contribution >= 0.6 is 0 Å². The largest absolute Gasteiger partial charge is 0.481 e. The van der Waals surface area contributed by atoms with Crippen molar-refractivity contribution in [3.8, 4) is 5.88 Å². The van der Waals surface area contributed by atoms with Gasteiger partial charge in [0.05, 0.1) is 42.5 Å². The van der Waals surface area contributed by atoms with Gasteiger partial charge < -0.3 is 24.4 Å². The van der Waals surface area contributed by atoms with E-state index in [9.17, 15) is 37.3 Å². The molecule has 0 saturated carbocycles. The smallest absolute Gasteiger partial charge is 0.416 e. The van der Waals surface area contributed by atoms with Gasteiger partial charge in [-0.3, -0.25) is 10.1 Å². The van der Waals surface area contributed by atoms with Crippen LogP contribution in [0.1, 0.15) is 48.0 Å². The van der Waals surface area contributed by atoms with Crippen molar-refractivity contribution in [1.82, 2.24) is 9.88 Å². The number of methoxy groups -OCH3 is 2. The van der Waals surface area contributed by atoms with Gasteiger partial charge in [-0.05, 0) is 62.7 Å². The Morgan fingerprint density at radius 2 is 1.70 bits per heavy atom. The molecule has 0 fully saturated rings. The Hall–Kier alpha value is -4.95. The molecule has 1 amide bonds. The Bertz CT molecular complexity index is 1540. The fourth-order valence-electron chi connectivity index (χ4n) is 4.01. The number of nitrogens with one attached hydrogen (secondary N) is 1. The quantitative estimate of drug-likeness (QED) is 0.114. The van der Waals surface area contributed by atoms with Crippen molar-refractivity contribution >= 4 is 29.1 Å². The molecule has 0 radical (unpaired) electrons. The number of rotatable bonds is 10. The summed E-state index contributed by atoms with van der Waals surface area (Å²) < 4.78 is 69.7. The first-order valence-electron chi connectivity index (χ1n) is 13.0. The van der Waals surface area contributed by atoms with E-state index in [1.807, 2.05) is 0 Å². The van der Waals surface area contributed by atoms with E-state index in [1.165, 1.54) is 30.2 Å². The van der Waals surface area contributed by atoms with Gasteiger partial charge in [-0.25, -0.2) is 19.0 Å². The van der Waals surface area contributed by atoms with Gasteiger partial charge in [0.25, 0.3) is 5.69 Å². The van der Waals surface area contributed by atoms with Crippen LogP contribution in [0.15, 0.2) is 48.5 Å². The maximum absolute atomic E-state index is 14.5. The molecule has 44 heavy (non-hydrogen) atoms. The molecule has 3 rings (SSSR count). The normalized spacial score (nSPS) is 11.5. The lowest BCUT2D eigenvalue weighted by atomic mass is 10.1. The second-order valence-electron chi connectivity index (χ2n) is 10.4. The number of ether oxygens (including phenoxy) is 3. The first-order valence-corrected chi connectivity index (χ1v) is 13.0. The fraction of sp³-hybridized carbons (Fsp3) is 0.345. The van der Waals surface area contributed by atoms with Crippen LogP contribution in [0.3, 0.4) is 0 Å². The number of hydrogen-bond acceptors (Lipinski definition) is 9. The number of nitro groups is 1. The summed E-state index contributed by atoms with van der Waals surface area (Å²) in [6, 6.07) is 8.41. The summed E-state index contributed by atoms with van der Waals surface area (Å²) in [5.74, 6) is -1.63. The number of hydrogen-bond donors (Lipinski definition) is 1.